The molecule has 1 aromatic rings. The molecule has 2 amide bonds. The molecule has 3 heterocycles. The molecular formula is C16H22N4O5. The van der Waals surface area contributed by atoms with Crippen LogP contribution in [0.4, 0.5) is 0 Å². The third-order valence-corrected chi connectivity index (χ3v) is 4.87. The molecule has 2 aliphatic heterocycles. The monoisotopic (exact) mass is 350 g/mol. The summed E-state index contributed by atoms with van der Waals surface area (Å²) in [6.07, 6.45) is 3.56. The first-order chi connectivity index (χ1) is 11.9. The molecule has 0 aliphatic carbocycles. The number of likely N-dealkylation sites (tertiary alicyclic amines) is 1. The van der Waals surface area contributed by atoms with E-state index in [1.165, 1.54) is 9.47 Å². The average molecular weight is 350 g/mol. The lowest BCUT2D eigenvalue weighted by Gasteiger charge is -2.31. The Morgan fingerprint density at radius 1 is 1.20 bits per heavy atom. The van der Waals surface area contributed by atoms with Crippen LogP contribution in [0, 0.1) is 0 Å². The number of carboxylic acid groups (broad SMARTS) is 1. The molecule has 0 saturated carbocycles. The molecule has 1 saturated heterocycles. The van der Waals surface area contributed by atoms with Gasteiger partial charge in [0.05, 0.1) is 5.69 Å². The fourth-order valence-corrected chi connectivity index (χ4v) is 3.66. The third kappa shape index (κ3) is 3.18. The highest BCUT2D eigenvalue weighted by atomic mass is 16.4. The summed E-state index contributed by atoms with van der Waals surface area (Å²) in [5.74, 6) is -1.92. The maximum absolute atomic E-state index is 12.7. The minimum Gasteiger partial charge on any atom is -0.480 e. The normalized spacial score (nSPS) is 20.3. The quantitative estimate of drug-likeness (QED) is 0.747. The molecule has 3 rings (SSSR count). The first-order valence-corrected chi connectivity index (χ1v) is 8.50. The predicted octanol–water partition coefficient (Wildman–Crippen LogP) is -0.671. The topological polar surface area (TPSA) is 114 Å². The van der Waals surface area contributed by atoms with Gasteiger partial charge in [-0.15, -0.1) is 0 Å². The van der Waals surface area contributed by atoms with E-state index in [-0.39, 0.29) is 18.1 Å². The zero-order valence-corrected chi connectivity index (χ0v) is 14.2. The van der Waals surface area contributed by atoms with Crippen LogP contribution in [-0.2, 0) is 29.6 Å². The minimum atomic E-state index is -1.08. The second-order valence-electron chi connectivity index (χ2n) is 6.57. The number of hydrogen-bond donors (Lipinski definition) is 2. The Morgan fingerprint density at radius 2 is 1.96 bits per heavy atom. The van der Waals surface area contributed by atoms with Gasteiger partial charge in [-0.3, -0.25) is 23.5 Å². The number of aromatic nitrogens is 2. The number of carbonyl (C=O) groups is 3. The molecule has 25 heavy (non-hydrogen) atoms. The van der Waals surface area contributed by atoms with Crippen LogP contribution in [0.1, 0.15) is 41.9 Å². The van der Waals surface area contributed by atoms with Gasteiger partial charge in [0.25, 0.3) is 5.91 Å². The van der Waals surface area contributed by atoms with E-state index in [1.807, 2.05) is 0 Å². The van der Waals surface area contributed by atoms with Gasteiger partial charge in [-0.25, -0.2) is 4.79 Å². The van der Waals surface area contributed by atoms with E-state index in [4.69, 9.17) is 5.11 Å². The Hall–Kier alpha value is -2.58. The largest absolute Gasteiger partial charge is 0.480 e. The molecule has 9 heteroatoms. The van der Waals surface area contributed by atoms with Crippen LogP contribution in [0.25, 0.3) is 0 Å². The van der Waals surface area contributed by atoms with Crippen molar-refractivity contribution in [1.29, 1.82) is 0 Å². The highest BCUT2D eigenvalue weighted by Gasteiger charge is 2.33. The van der Waals surface area contributed by atoms with E-state index in [0.29, 0.717) is 43.7 Å². The van der Waals surface area contributed by atoms with Gasteiger partial charge in [0.2, 0.25) is 5.91 Å². The van der Waals surface area contributed by atoms with Gasteiger partial charge < -0.3 is 15.3 Å². The number of carboxylic acids is 1. The lowest BCUT2D eigenvalue weighted by Crippen LogP contribution is -2.53. The summed E-state index contributed by atoms with van der Waals surface area (Å²) in [4.78, 5) is 49.5. The van der Waals surface area contributed by atoms with E-state index < -0.39 is 17.9 Å². The molecule has 1 aromatic heterocycles. The van der Waals surface area contributed by atoms with Crippen molar-refractivity contribution in [2.45, 2.75) is 44.7 Å². The number of fused-ring (bicyclic) bond motifs is 1. The standard InChI is InChI=1S/C16H22N4O5/c1-18-13(11-6-2-3-8-20(11)16(18)25)14(23)17-10-5-4-7-19(15(10)24)9-12(21)22/h10H,2-9H2,1H3,(H,17,23)(H,21,22). The molecule has 136 valence electrons. The van der Waals surface area contributed by atoms with E-state index in [0.717, 1.165) is 12.8 Å². The van der Waals surface area contributed by atoms with Crippen molar-refractivity contribution in [1.82, 2.24) is 19.4 Å². The summed E-state index contributed by atoms with van der Waals surface area (Å²) in [5, 5.41) is 11.6. The molecule has 2 N–H and O–H groups in total. The van der Waals surface area contributed by atoms with Crippen LogP contribution >= 0.6 is 0 Å². The third-order valence-electron chi connectivity index (χ3n) is 4.87. The van der Waals surface area contributed by atoms with Gasteiger partial charge in [0.1, 0.15) is 18.3 Å². The van der Waals surface area contributed by atoms with E-state index in [2.05, 4.69) is 5.32 Å². The first kappa shape index (κ1) is 17.2. The molecule has 1 unspecified atom stereocenters. The predicted molar refractivity (Wildman–Crippen MR) is 87.3 cm³/mol. The van der Waals surface area contributed by atoms with Gasteiger partial charge in [-0.05, 0) is 32.1 Å². The van der Waals surface area contributed by atoms with Crippen molar-refractivity contribution in [3.05, 3.63) is 21.9 Å². The summed E-state index contributed by atoms with van der Waals surface area (Å²) < 4.78 is 2.95. The van der Waals surface area contributed by atoms with Crippen molar-refractivity contribution >= 4 is 17.8 Å². The Balaban J connectivity index is 1.80. The lowest BCUT2D eigenvalue weighted by atomic mass is 10.0. The van der Waals surface area contributed by atoms with Crippen LogP contribution in [0.15, 0.2) is 4.79 Å². The van der Waals surface area contributed by atoms with E-state index in [1.54, 1.807) is 11.6 Å². The van der Waals surface area contributed by atoms with Crippen molar-refractivity contribution in [3.8, 4) is 0 Å². The number of amides is 2. The van der Waals surface area contributed by atoms with Gasteiger partial charge in [0.15, 0.2) is 0 Å². The number of nitrogens with one attached hydrogen (secondary N) is 1. The van der Waals surface area contributed by atoms with Gasteiger partial charge in [-0.1, -0.05) is 0 Å². The van der Waals surface area contributed by atoms with Crippen molar-refractivity contribution in [3.63, 3.8) is 0 Å². The van der Waals surface area contributed by atoms with E-state index in [9.17, 15) is 19.2 Å². The fraction of sp³-hybridized carbons (Fsp3) is 0.625. The molecule has 0 spiro atoms. The van der Waals surface area contributed by atoms with Crippen LogP contribution in [-0.4, -0.2) is 56.1 Å². The summed E-state index contributed by atoms with van der Waals surface area (Å²) in [7, 11) is 1.56. The molecule has 1 fully saturated rings. The summed E-state index contributed by atoms with van der Waals surface area (Å²) >= 11 is 0. The Bertz CT molecular complexity index is 778. The molecule has 0 radical (unpaired) electrons. The molecule has 0 aromatic carbocycles. The highest BCUT2D eigenvalue weighted by Crippen LogP contribution is 2.18. The highest BCUT2D eigenvalue weighted by molar-refractivity contribution is 5.97. The number of rotatable bonds is 4. The number of piperidine rings is 1. The summed E-state index contributed by atoms with van der Waals surface area (Å²) in [6, 6.07) is -0.755. The van der Waals surface area contributed by atoms with Crippen molar-refractivity contribution in [2.24, 2.45) is 7.05 Å². The number of hydrogen-bond acceptors (Lipinski definition) is 4. The zero-order valence-electron chi connectivity index (χ0n) is 14.2. The maximum Gasteiger partial charge on any atom is 0.328 e. The van der Waals surface area contributed by atoms with Crippen LogP contribution in [0.3, 0.4) is 0 Å². The average Bonchev–Trinajstić information content (AvgIpc) is 2.82. The van der Waals surface area contributed by atoms with Crippen molar-refractivity contribution in [2.75, 3.05) is 13.1 Å². The SMILES string of the molecule is Cn1c(C(=O)NC2CCCN(CC(=O)O)C2=O)c2n(c1=O)CCCC2. The number of carbonyl (C=O) groups excluding carboxylic acids is 2. The van der Waals surface area contributed by atoms with Crippen LogP contribution in [0.5, 0.6) is 0 Å². The number of aliphatic carboxylic acids is 1. The Kier molecular flexibility index (Phi) is 4.65. The molecule has 1 atom stereocenters. The molecule has 2 aliphatic rings. The summed E-state index contributed by atoms with van der Waals surface area (Å²) in [6.45, 7) is 0.604. The zero-order chi connectivity index (χ0) is 18.1. The van der Waals surface area contributed by atoms with Gasteiger partial charge >= 0.3 is 11.7 Å². The van der Waals surface area contributed by atoms with Crippen LogP contribution in [0.2, 0.25) is 0 Å². The second-order valence-corrected chi connectivity index (χ2v) is 6.57. The molecular weight excluding hydrogens is 328 g/mol. The fourth-order valence-electron chi connectivity index (χ4n) is 3.66. The second kappa shape index (κ2) is 6.73. The number of imidazole rings is 1. The Morgan fingerprint density at radius 3 is 2.68 bits per heavy atom. The maximum atomic E-state index is 12.7. The smallest absolute Gasteiger partial charge is 0.328 e. The molecule has 0 bridgehead atoms. The Labute approximate surface area is 144 Å². The summed E-state index contributed by atoms with van der Waals surface area (Å²) in [5.41, 5.74) is 0.789. The van der Waals surface area contributed by atoms with Gasteiger partial charge in [0, 0.05) is 20.1 Å². The van der Waals surface area contributed by atoms with Crippen LogP contribution < -0.4 is 11.0 Å². The molecule has 9 nitrogen and oxygen atoms in total. The van der Waals surface area contributed by atoms with Gasteiger partial charge in [-0.2, -0.15) is 0 Å². The first-order valence-electron chi connectivity index (χ1n) is 8.50. The lowest BCUT2D eigenvalue weighted by molar-refractivity contribution is -0.146. The van der Waals surface area contributed by atoms with Crippen molar-refractivity contribution < 1.29 is 19.5 Å². The van der Waals surface area contributed by atoms with E-state index >= 15 is 0 Å². The minimum absolute atomic E-state index is 0.220. The number of nitrogens with zero attached hydrogens (tertiary/aromatic N) is 3.